The first-order valence-electron chi connectivity index (χ1n) is 6.03. The molecule has 6 heteroatoms. The third-order valence-corrected chi connectivity index (χ3v) is 3.21. The molecule has 0 spiro atoms. The fraction of sp³-hybridized carbons (Fsp3) is 0.500. The van der Waals surface area contributed by atoms with Gasteiger partial charge in [0, 0.05) is 25.3 Å². The molecule has 2 aromatic rings. The highest BCUT2D eigenvalue weighted by Crippen LogP contribution is 2.18. The van der Waals surface area contributed by atoms with E-state index >= 15 is 0 Å². The molecular weight excluding hydrogens is 232 g/mol. The second kappa shape index (κ2) is 4.22. The molecule has 0 bridgehead atoms. The van der Waals surface area contributed by atoms with E-state index in [-0.39, 0.29) is 0 Å². The summed E-state index contributed by atoms with van der Waals surface area (Å²) in [5, 5.41) is 17.5. The lowest BCUT2D eigenvalue weighted by Gasteiger charge is -2.19. The molecule has 0 radical (unpaired) electrons. The number of fused-ring (bicyclic) bond motifs is 1. The topological polar surface area (TPSA) is 71.7 Å². The van der Waals surface area contributed by atoms with Crippen LogP contribution >= 0.6 is 0 Å². The number of aryl methyl sites for hydroxylation is 1. The van der Waals surface area contributed by atoms with Crippen molar-refractivity contribution >= 4 is 11.6 Å². The number of hydrogen-bond acceptors (Lipinski definition) is 5. The fourth-order valence-electron chi connectivity index (χ4n) is 2.09. The van der Waals surface area contributed by atoms with Gasteiger partial charge >= 0.3 is 0 Å². The predicted molar refractivity (Wildman–Crippen MR) is 66.6 cm³/mol. The van der Waals surface area contributed by atoms with Crippen LogP contribution in [0, 0.1) is 6.92 Å². The van der Waals surface area contributed by atoms with Crippen molar-refractivity contribution in [1.82, 2.24) is 14.6 Å². The van der Waals surface area contributed by atoms with Crippen LogP contribution < -0.4 is 5.32 Å². The van der Waals surface area contributed by atoms with Gasteiger partial charge in [-0.05, 0) is 19.1 Å². The summed E-state index contributed by atoms with van der Waals surface area (Å²) in [7, 11) is 0. The first-order chi connectivity index (χ1) is 8.66. The summed E-state index contributed by atoms with van der Waals surface area (Å²) in [6.07, 6.45) is 0.645. The number of nitrogens with one attached hydrogen (secondary N) is 1. The quantitative estimate of drug-likeness (QED) is 0.832. The fourth-order valence-corrected chi connectivity index (χ4v) is 2.09. The number of ether oxygens (including phenoxy) is 1. The van der Waals surface area contributed by atoms with Crippen LogP contribution in [0.2, 0.25) is 0 Å². The maximum Gasteiger partial charge on any atom is 0.243 e. The molecule has 1 atom stereocenters. The highest BCUT2D eigenvalue weighted by atomic mass is 16.5. The Morgan fingerprint density at radius 3 is 3.17 bits per heavy atom. The Kier molecular flexibility index (Phi) is 2.68. The summed E-state index contributed by atoms with van der Waals surface area (Å²) in [6.45, 7) is 3.36. The van der Waals surface area contributed by atoms with Crippen molar-refractivity contribution in [1.29, 1.82) is 0 Å². The molecule has 3 heterocycles. The van der Waals surface area contributed by atoms with Crippen LogP contribution in [0.1, 0.15) is 12.1 Å². The SMILES string of the molecule is Cc1cccc2nc(NCC3(O)CCOC3)nn12. The first kappa shape index (κ1) is 11.4. The molecule has 3 rings (SSSR count). The molecule has 1 saturated heterocycles. The molecule has 0 amide bonds. The number of anilines is 1. The van der Waals surface area contributed by atoms with Crippen LogP contribution in [0.5, 0.6) is 0 Å². The lowest BCUT2D eigenvalue weighted by Crippen LogP contribution is -2.37. The van der Waals surface area contributed by atoms with E-state index in [9.17, 15) is 5.11 Å². The van der Waals surface area contributed by atoms with Crippen LogP contribution in [0.3, 0.4) is 0 Å². The lowest BCUT2D eigenvalue weighted by atomic mass is 10.0. The Labute approximate surface area is 105 Å². The van der Waals surface area contributed by atoms with Crippen molar-refractivity contribution in [2.24, 2.45) is 0 Å². The molecule has 1 aliphatic heterocycles. The first-order valence-corrected chi connectivity index (χ1v) is 6.03. The van der Waals surface area contributed by atoms with Crippen LogP contribution in [-0.2, 0) is 4.74 Å². The largest absolute Gasteiger partial charge is 0.386 e. The molecule has 96 valence electrons. The van der Waals surface area contributed by atoms with Crippen LogP contribution in [-0.4, -0.2) is 45.1 Å². The van der Waals surface area contributed by atoms with Crippen molar-refractivity contribution in [2.45, 2.75) is 18.9 Å². The standard InChI is InChI=1S/C12H16N4O2/c1-9-3-2-4-10-14-11(15-16(9)10)13-7-12(17)5-6-18-8-12/h2-4,17H,5-8H2,1H3,(H,13,15). The third kappa shape index (κ3) is 2.04. The monoisotopic (exact) mass is 248 g/mol. The molecule has 1 aliphatic rings. The second-order valence-corrected chi connectivity index (χ2v) is 4.75. The van der Waals surface area contributed by atoms with Gasteiger partial charge in [0.2, 0.25) is 5.95 Å². The average molecular weight is 248 g/mol. The van der Waals surface area contributed by atoms with Gasteiger partial charge in [0.25, 0.3) is 0 Å². The molecule has 1 unspecified atom stereocenters. The zero-order valence-corrected chi connectivity index (χ0v) is 10.3. The van der Waals surface area contributed by atoms with Crippen molar-refractivity contribution < 1.29 is 9.84 Å². The number of rotatable bonds is 3. The summed E-state index contributed by atoms with van der Waals surface area (Å²) in [5.74, 6) is 0.532. The van der Waals surface area contributed by atoms with Crippen molar-refractivity contribution in [2.75, 3.05) is 25.1 Å². The van der Waals surface area contributed by atoms with E-state index in [4.69, 9.17) is 4.74 Å². The Balaban J connectivity index is 1.77. The number of nitrogens with zero attached hydrogens (tertiary/aromatic N) is 3. The molecule has 6 nitrogen and oxygen atoms in total. The number of aliphatic hydroxyl groups is 1. The Hall–Kier alpha value is -1.66. The molecule has 18 heavy (non-hydrogen) atoms. The molecule has 2 N–H and O–H groups in total. The van der Waals surface area contributed by atoms with Crippen molar-refractivity contribution in [3.63, 3.8) is 0 Å². The molecular formula is C12H16N4O2. The van der Waals surface area contributed by atoms with Crippen molar-refractivity contribution in [3.05, 3.63) is 23.9 Å². The molecule has 0 aromatic carbocycles. The number of pyridine rings is 1. The van der Waals surface area contributed by atoms with Crippen molar-refractivity contribution in [3.8, 4) is 0 Å². The Morgan fingerprint density at radius 1 is 1.56 bits per heavy atom. The van der Waals surface area contributed by atoms with E-state index in [1.54, 1.807) is 4.52 Å². The van der Waals surface area contributed by atoms with Gasteiger partial charge in [-0.3, -0.25) is 0 Å². The Bertz CT molecular complexity index is 560. The van der Waals surface area contributed by atoms with Gasteiger partial charge in [0.1, 0.15) is 5.60 Å². The molecule has 1 fully saturated rings. The van der Waals surface area contributed by atoms with E-state index in [1.807, 2.05) is 25.1 Å². The van der Waals surface area contributed by atoms with Gasteiger partial charge in [-0.2, -0.15) is 4.98 Å². The minimum absolute atomic E-state index is 0.367. The maximum absolute atomic E-state index is 10.1. The van der Waals surface area contributed by atoms with E-state index in [1.165, 1.54) is 0 Å². The van der Waals surface area contributed by atoms with E-state index in [0.29, 0.717) is 32.1 Å². The van der Waals surface area contributed by atoms with Gasteiger partial charge in [-0.15, -0.1) is 5.10 Å². The number of hydrogen-bond donors (Lipinski definition) is 2. The summed E-state index contributed by atoms with van der Waals surface area (Å²) >= 11 is 0. The molecule has 0 saturated carbocycles. The van der Waals surface area contributed by atoms with Crippen LogP contribution in [0.25, 0.3) is 5.65 Å². The maximum atomic E-state index is 10.1. The van der Waals surface area contributed by atoms with Gasteiger partial charge in [-0.25, -0.2) is 4.52 Å². The normalized spacial score (nSPS) is 23.7. The van der Waals surface area contributed by atoms with Crippen LogP contribution in [0.4, 0.5) is 5.95 Å². The minimum Gasteiger partial charge on any atom is -0.386 e. The van der Waals surface area contributed by atoms with E-state index in [0.717, 1.165) is 11.3 Å². The zero-order valence-electron chi connectivity index (χ0n) is 10.3. The summed E-state index contributed by atoms with van der Waals surface area (Å²) < 4.78 is 6.97. The van der Waals surface area contributed by atoms with Crippen LogP contribution in [0.15, 0.2) is 18.2 Å². The second-order valence-electron chi connectivity index (χ2n) is 4.75. The van der Waals surface area contributed by atoms with E-state index < -0.39 is 5.60 Å². The minimum atomic E-state index is -0.799. The van der Waals surface area contributed by atoms with Gasteiger partial charge in [0.15, 0.2) is 5.65 Å². The summed E-state index contributed by atoms with van der Waals surface area (Å²) in [6, 6.07) is 5.82. The van der Waals surface area contributed by atoms with Gasteiger partial charge in [-0.1, -0.05) is 6.07 Å². The van der Waals surface area contributed by atoms with Gasteiger partial charge < -0.3 is 15.2 Å². The molecule has 2 aromatic heterocycles. The smallest absolute Gasteiger partial charge is 0.243 e. The predicted octanol–water partition coefficient (Wildman–Crippen LogP) is 0.601. The average Bonchev–Trinajstić information content (AvgIpc) is 2.94. The highest BCUT2D eigenvalue weighted by Gasteiger charge is 2.32. The number of aromatic nitrogens is 3. The highest BCUT2D eigenvalue weighted by molar-refractivity contribution is 5.44. The van der Waals surface area contributed by atoms with Gasteiger partial charge in [0.05, 0.1) is 6.61 Å². The zero-order chi connectivity index (χ0) is 12.6. The lowest BCUT2D eigenvalue weighted by molar-refractivity contribution is 0.0380. The summed E-state index contributed by atoms with van der Waals surface area (Å²) in [5.41, 5.74) is 1.02. The molecule has 0 aliphatic carbocycles. The third-order valence-electron chi connectivity index (χ3n) is 3.21. The van der Waals surface area contributed by atoms with E-state index in [2.05, 4.69) is 15.4 Å². The summed E-state index contributed by atoms with van der Waals surface area (Å²) in [4.78, 5) is 4.35. The Morgan fingerprint density at radius 2 is 2.44 bits per heavy atom.